The lowest BCUT2D eigenvalue weighted by Crippen LogP contribution is -2.72. The largest absolute Gasteiger partial charge is 0.180 e. The summed E-state index contributed by atoms with van der Waals surface area (Å²) in [5.41, 5.74) is 4.14. The Balaban J connectivity index is 1.73. The Labute approximate surface area is 201 Å². The van der Waals surface area contributed by atoms with Crippen molar-refractivity contribution in [3.8, 4) is 11.1 Å². The summed E-state index contributed by atoms with van der Waals surface area (Å²) < 4.78 is 0. The Kier molecular flexibility index (Phi) is 4.18. The fourth-order valence-electron chi connectivity index (χ4n) is 6.10. The highest BCUT2D eigenvalue weighted by Gasteiger charge is 2.48. The molecule has 1 heterocycles. The molecule has 0 amide bonds. The lowest BCUT2D eigenvalue weighted by Gasteiger charge is -2.31. The Hall–Kier alpha value is -3.94. The SMILES string of the molecule is Cc1cccc2cc3c(cc12)[Si](c1ccccc1)(c1ccccc1)c1cc2ccccc2cc1-3. The van der Waals surface area contributed by atoms with Gasteiger partial charge in [-0.25, -0.2) is 0 Å². The summed E-state index contributed by atoms with van der Waals surface area (Å²) in [6.07, 6.45) is 0. The van der Waals surface area contributed by atoms with E-state index in [1.54, 1.807) is 0 Å². The highest BCUT2D eigenvalue weighted by molar-refractivity contribution is 7.22. The van der Waals surface area contributed by atoms with Crippen molar-refractivity contribution in [3.05, 3.63) is 133 Å². The molecule has 1 heteroatoms. The monoisotopic (exact) mass is 448 g/mol. The van der Waals surface area contributed by atoms with E-state index in [2.05, 4.69) is 134 Å². The standard InChI is InChI=1S/C33H24Si/c1-23-11-10-14-26-20-31-30-19-24-12-8-9-13-25(24)21-32(30)34(33(31)22-29(23)26,27-15-4-2-5-16-27)28-17-6-3-7-18-28/h2-22H,1H3. The van der Waals surface area contributed by atoms with Gasteiger partial charge in [-0.15, -0.1) is 0 Å². The molecule has 0 aromatic heterocycles. The van der Waals surface area contributed by atoms with E-state index in [0.29, 0.717) is 0 Å². The van der Waals surface area contributed by atoms with E-state index in [0.717, 1.165) is 0 Å². The molecule has 0 radical (unpaired) electrons. The molecule has 0 atom stereocenters. The third-order valence-electron chi connectivity index (χ3n) is 7.63. The molecule has 0 aliphatic carbocycles. The Morgan fingerprint density at radius 1 is 0.441 bits per heavy atom. The fraction of sp³-hybridized carbons (Fsp3) is 0.0303. The first-order valence-electron chi connectivity index (χ1n) is 12.0. The zero-order valence-electron chi connectivity index (χ0n) is 19.1. The van der Waals surface area contributed by atoms with Crippen LogP contribution in [0.2, 0.25) is 0 Å². The van der Waals surface area contributed by atoms with Gasteiger partial charge in [-0.3, -0.25) is 0 Å². The highest BCUT2D eigenvalue weighted by atomic mass is 28.3. The van der Waals surface area contributed by atoms with Gasteiger partial charge in [0.1, 0.15) is 0 Å². The van der Waals surface area contributed by atoms with E-state index in [4.69, 9.17) is 0 Å². The van der Waals surface area contributed by atoms with Crippen LogP contribution in [0.15, 0.2) is 127 Å². The van der Waals surface area contributed by atoms with Crippen LogP contribution >= 0.6 is 0 Å². The molecule has 160 valence electrons. The average Bonchev–Trinajstić information content (AvgIpc) is 3.17. The molecule has 0 saturated heterocycles. The second-order valence-electron chi connectivity index (χ2n) is 9.42. The Morgan fingerprint density at radius 2 is 0.941 bits per heavy atom. The highest BCUT2D eigenvalue weighted by Crippen LogP contribution is 2.34. The van der Waals surface area contributed by atoms with Crippen molar-refractivity contribution in [2.45, 2.75) is 6.92 Å². The predicted molar refractivity (Wildman–Crippen MR) is 149 cm³/mol. The lowest BCUT2D eigenvalue weighted by molar-refractivity contribution is 1.54. The van der Waals surface area contributed by atoms with Gasteiger partial charge in [0, 0.05) is 0 Å². The van der Waals surface area contributed by atoms with Gasteiger partial charge in [0.05, 0.1) is 0 Å². The minimum Gasteiger partial charge on any atom is -0.0623 e. The first kappa shape index (κ1) is 19.5. The summed E-state index contributed by atoms with van der Waals surface area (Å²) in [6, 6.07) is 47.9. The van der Waals surface area contributed by atoms with Crippen molar-refractivity contribution in [3.63, 3.8) is 0 Å². The maximum Gasteiger partial charge on any atom is 0.180 e. The van der Waals surface area contributed by atoms with Gasteiger partial charge in [-0.2, -0.15) is 0 Å². The summed E-state index contributed by atoms with van der Waals surface area (Å²) in [7, 11) is -2.48. The van der Waals surface area contributed by atoms with E-state index in [9.17, 15) is 0 Å². The molecule has 0 nitrogen and oxygen atoms in total. The normalized spacial score (nSPS) is 13.7. The van der Waals surface area contributed by atoms with Gasteiger partial charge in [0.2, 0.25) is 0 Å². The number of rotatable bonds is 2. The smallest absolute Gasteiger partial charge is 0.0623 e. The van der Waals surface area contributed by atoms with Crippen LogP contribution in [0.25, 0.3) is 32.7 Å². The fourth-order valence-corrected chi connectivity index (χ4v) is 11.3. The maximum absolute atomic E-state index is 2.52. The quantitative estimate of drug-likeness (QED) is 0.299. The molecule has 6 aromatic rings. The molecule has 0 bridgehead atoms. The molecular weight excluding hydrogens is 424 g/mol. The zero-order chi connectivity index (χ0) is 22.7. The van der Waals surface area contributed by atoms with Crippen LogP contribution in [0.1, 0.15) is 5.56 Å². The number of aryl methyl sites for hydroxylation is 1. The summed E-state index contributed by atoms with van der Waals surface area (Å²) in [4.78, 5) is 0. The van der Waals surface area contributed by atoms with Crippen LogP contribution in [0.3, 0.4) is 0 Å². The van der Waals surface area contributed by atoms with Gasteiger partial charge < -0.3 is 0 Å². The van der Waals surface area contributed by atoms with Crippen LogP contribution in [0.5, 0.6) is 0 Å². The summed E-state index contributed by atoms with van der Waals surface area (Å²) >= 11 is 0. The number of benzene rings is 6. The van der Waals surface area contributed by atoms with Crippen molar-refractivity contribution in [2.24, 2.45) is 0 Å². The van der Waals surface area contributed by atoms with Crippen molar-refractivity contribution < 1.29 is 0 Å². The van der Waals surface area contributed by atoms with E-state index in [-0.39, 0.29) is 0 Å². The lowest BCUT2D eigenvalue weighted by atomic mass is 9.97. The second kappa shape index (κ2) is 7.28. The molecule has 7 rings (SSSR count). The third-order valence-corrected chi connectivity index (χ3v) is 12.5. The number of hydrogen-bond donors (Lipinski definition) is 0. The minimum atomic E-state index is -2.48. The van der Waals surface area contributed by atoms with Crippen molar-refractivity contribution in [2.75, 3.05) is 0 Å². The van der Waals surface area contributed by atoms with E-state index < -0.39 is 8.07 Å². The van der Waals surface area contributed by atoms with Crippen LogP contribution in [0.4, 0.5) is 0 Å². The zero-order valence-corrected chi connectivity index (χ0v) is 20.1. The molecule has 0 saturated carbocycles. The molecular formula is C33H24Si. The summed E-state index contributed by atoms with van der Waals surface area (Å²) in [5.74, 6) is 0. The van der Waals surface area contributed by atoms with Gasteiger partial charge in [-0.05, 0) is 78.0 Å². The van der Waals surface area contributed by atoms with E-state index in [1.165, 1.54) is 59.0 Å². The molecule has 0 spiro atoms. The molecule has 0 unspecified atom stereocenters. The third kappa shape index (κ3) is 2.59. The molecule has 34 heavy (non-hydrogen) atoms. The molecule has 1 aliphatic heterocycles. The Bertz CT molecular complexity index is 1660. The van der Waals surface area contributed by atoms with Crippen LogP contribution in [-0.2, 0) is 0 Å². The van der Waals surface area contributed by atoms with Gasteiger partial charge in [0.25, 0.3) is 0 Å². The molecule has 0 fully saturated rings. The van der Waals surface area contributed by atoms with Crippen LogP contribution < -0.4 is 20.7 Å². The summed E-state index contributed by atoms with van der Waals surface area (Å²) in [5, 5.41) is 11.2. The Morgan fingerprint density at radius 3 is 1.59 bits per heavy atom. The predicted octanol–water partition coefficient (Wildman–Crippen LogP) is 5.66. The number of fused-ring (bicyclic) bond motifs is 5. The maximum atomic E-state index is 2.52. The van der Waals surface area contributed by atoms with Crippen molar-refractivity contribution in [1.82, 2.24) is 0 Å². The molecule has 0 N–H and O–H groups in total. The molecule has 6 aromatic carbocycles. The topological polar surface area (TPSA) is 0 Å². The first-order chi connectivity index (χ1) is 16.8. The molecule has 1 aliphatic rings. The van der Waals surface area contributed by atoms with Crippen LogP contribution in [0, 0.1) is 6.92 Å². The number of hydrogen-bond acceptors (Lipinski definition) is 0. The second-order valence-corrected chi connectivity index (χ2v) is 13.2. The minimum absolute atomic E-state index is 1.31. The van der Waals surface area contributed by atoms with E-state index in [1.807, 2.05) is 0 Å². The average molecular weight is 449 g/mol. The van der Waals surface area contributed by atoms with Gasteiger partial charge >= 0.3 is 0 Å². The van der Waals surface area contributed by atoms with Crippen molar-refractivity contribution in [1.29, 1.82) is 0 Å². The first-order valence-corrected chi connectivity index (χ1v) is 14.0. The van der Waals surface area contributed by atoms with E-state index >= 15 is 0 Å². The van der Waals surface area contributed by atoms with Crippen molar-refractivity contribution >= 4 is 50.4 Å². The van der Waals surface area contributed by atoms with Gasteiger partial charge in [-0.1, -0.05) is 115 Å². The van der Waals surface area contributed by atoms with Crippen LogP contribution in [-0.4, -0.2) is 8.07 Å². The summed E-state index contributed by atoms with van der Waals surface area (Å²) in [6.45, 7) is 2.24. The van der Waals surface area contributed by atoms with Gasteiger partial charge in [0.15, 0.2) is 8.07 Å².